The van der Waals surface area contributed by atoms with E-state index in [0.717, 1.165) is 13.0 Å². The fourth-order valence-electron chi connectivity index (χ4n) is 1.61. The van der Waals surface area contributed by atoms with Gasteiger partial charge in [-0.1, -0.05) is 13.8 Å². The molecular formula is C14H22N2O3. The minimum Gasteiger partial charge on any atom is -0.478 e. The minimum absolute atomic E-state index is 0.234. The first-order valence-electron chi connectivity index (χ1n) is 6.45. The quantitative estimate of drug-likeness (QED) is 0.497. The molecular weight excluding hydrogens is 244 g/mol. The van der Waals surface area contributed by atoms with Gasteiger partial charge in [-0.25, -0.2) is 4.79 Å². The predicted octanol–water partition coefficient (Wildman–Crippen LogP) is 2.44. The number of aromatic carboxylic acids is 1. The molecule has 1 rings (SSSR count). The molecule has 0 unspecified atom stereocenters. The highest BCUT2D eigenvalue weighted by molar-refractivity contribution is 5.95. The van der Waals surface area contributed by atoms with Crippen LogP contribution in [0, 0.1) is 5.92 Å². The Morgan fingerprint density at radius 1 is 1.47 bits per heavy atom. The molecule has 0 bridgehead atoms. The second-order valence-electron chi connectivity index (χ2n) is 4.86. The Kier molecular flexibility index (Phi) is 6.15. The zero-order valence-corrected chi connectivity index (χ0v) is 11.5. The summed E-state index contributed by atoms with van der Waals surface area (Å²) in [5.74, 6) is -0.431. The molecule has 5 heteroatoms. The van der Waals surface area contributed by atoms with Crippen LogP contribution in [-0.2, 0) is 4.74 Å². The summed E-state index contributed by atoms with van der Waals surface area (Å²) in [6, 6.07) is 4.73. The molecule has 5 nitrogen and oxygen atoms in total. The van der Waals surface area contributed by atoms with Gasteiger partial charge in [0.15, 0.2) is 0 Å². The monoisotopic (exact) mass is 266 g/mol. The summed E-state index contributed by atoms with van der Waals surface area (Å²) in [5, 5.41) is 12.1. The first-order valence-corrected chi connectivity index (χ1v) is 6.45. The summed E-state index contributed by atoms with van der Waals surface area (Å²) >= 11 is 0. The van der Waals surface area contributed by atoms with Gasteiger partial charge in [0, 0.05) is 25.4 Å². The second kappa shape index (κ2) is 7.63. The lowest BCUT2D eigenvalue weighted by molar-refractivity contribution is 0.0698. The van der Waals surface area contributed by atoms with Crippen molar-refractivity contribution in [2.75, 3.05) is 30.8 Å². The molecule has 0 atom stereocenters. The Balaban J connectivity index is 2.40. The molecule has 19 heavy (non-hydrogen) atoms. The van der Waals surface area contributed by atoms with Crippen LogP contribution in [-0.4, -0.2) is 30.8 Å². The van der Waals surface area contributed by atoms with Crippen LogP contribution < -0.4 is 11.1 Å². The first kappa shape index (κ1) is 15.3. The van der Waals surface area contributed by atoms with E-state index in [9.17, 15) is 4.79 Å². The van der Waals surface area contributed by atoms with E-state index in [2.05, 4.69) is 19.2 Å². The molecule has 0 saturated carbocycles. The van der Waals surface area contributed by atoms with Crippen molar-refractivity contribution in [3.05, 3.63) is 23.8 Å². The highest BCUT2D eigenvalue weighted by Crippen LogP contribution is 2.19. The van der Waals surface area contributed by atoms with Crippen LogP contribution in [0.2, 0.25) is 0 Å². The van der Waals surface area contributed by atoms with Crippen molar-refractivity contribution in [1.82, 2.24) is 0 Å². The van der Waals surface area contributed by atoms with Crippen molar-refractivity contribution in [2.45, 2.75) is 20.3 Å². The van der Waals surface area contributed by atoms with Crippen LogP contribution in [0.5, 0.6) is 0 Å². The average molecular weight is 266 g/mol. The highest BCUT2D eigenvalue weighted by Gasteiger charge is 2.09. The largest absolute Gasteiger partial charge is 0.478 e. The van der Waals surface area contributed by atoms with E-state index in [4.69, 9.17) is 15.6 Å². The van der Waals surface area contributed by atoms with Crippen molar-refractivity contribution in [2.24, 2.45) is 5.92 Å². The summed E-state index contributed by atoms with van der Waals surface area (Å²) in [6.07, 6.45) is 0.820. The lowest BCUT2D eigenvalue weighted by atomic mass is 10.1. The summed E-state index contributed by atoms with van der Waals surface area (Å²) in [5.41, 5.74) is 6.99. The third kappa shape index (κ3) is 5.61. The van der Waals surface area contributed by atoms with Crippen molar-refractivity contribution in [3.63, 3.8) is 0 Å². The summed E-state index contributed by atoms with van der Waals surface area (Å²) in [6.45, 7) is 6.27. The number of nitrogens with two attached hydrogens (primary N) is 1. The Bertz CT molecular complexity index is 419. The number of carbonyl (C=O) groups is 1. The fourth-order valence-corrected chi connectivity index (χ4v) is 1.61. The van der Waals surface area contributed by atoms with Gasteiger partial charge < -0.3 is 20.9 Å². The number of benzene rings is 1. The third-order valence-corrected chi connectivity index (χ3v) is 2.51. The van der Waals surface area contributed by atoms with Gasteiger partial charge in [-0.05, 0) is 30.5 Å². The fraction of sp³-hybridized carbons (Fsp3) is 0.500. The maximum absolute atomic E-state index is 11.0. The van der Waals surface area contributed by atoms with Crippen LogP contribution in [0.1, 0.15) is 30.6 Å². The molecule has 0 aromatic heterocycles. The Labute approximate surface area is 113 Å². The Morgan fingerprint density at radius 2 is 2.21 bits per heavy atom. The molecule has 1 aromatic carbocycles. The number of nitrogens with one attached hydrogen (secondary N) is 1. The molecule has 106 valence electrons. The molecule has 0 amide bonds. The van der Waals surface area contributed by atoms with E-state index in [-0.39, 0.29) is 5.56 Å². The molecule has 1 aromatic rings. The van der Waals surface area contributed by atoms with E-state index < -0.39 is 5.97 Å². The van der Waals surface area contributed by atoms with Crippen LogP contribution >= 0.6 is 0 Å². The van der Waals surface area contributed by atoms with Gasteiger partial charge in [0.1, 0.15) is 0 Å². The Hall–Kier alpha value is -1.75. The highest BCUT2D eigenvalue weighted by atomic mass is 16.5. The van der Waals surface area contributed by atoms with Crippen molar-refractivity contribution in [1.29, 1.82) is 0 Å². The van der Waals surface area contributed by atoms with Crippen molar-refractivity contribution >= 4 is 17.3 Å². The predicted molar refractivity (Wildman–Crippen MR) is 76.6 cm³/mol. The number of hydrogen-bond donors (Lipinski definition) is 3. The number of nitrogen functional groups attached to an aromatic ring is 1. The average Bonchev–Trinajstić information content (AvgIpc) is 2.33. The van der Waals surface area contributed by atoms with Crippen LogP contribution in [0.25, 0.3) is 0 Å². The Morgan fingerprint density at radius 3 is 2.84 bits per heavy atom. The van der Waals surface area contributed by atoms with Gasteiger partial charge >= 0.3 is 5.97 Å². The van der Waals surface area contributed by atoms with Gasteiger partial charge in [-0.15, -0.1) is 0 Å². The molecule has 0 saturated heterocycles. The number of rotatable bonds is 8. The van der Waals surface area contributed by atoms with Crippen molar-refractivity contribution in [3.8, 4) is 0 Å². The molecule has 0 radical (unpaired) electrons. The van der Waals surface area contributed by atoms with Crippen LogP contribution in [0.4, 0.5) is 11.4 Å². The number of carboxylic acid groups (broad SMARTS) is 1. The van der Waals surface area contributed by atoms with Crippen molar-refractivity contribution < 1.29 is 14.6 Å². The van der Waals surface area contributed by atoms with Gasteiger partial charge in [0.2, 0.25) is 0 Å². The molecule has 4 N–H and O–H groups in total. The number of hydrogen-bond acceptors (Lipinski definition) is 4. The molecule has 0 aliphatic heterocycles. The summed E-state index contributed by atoms with van der Waals surface area (Å²) in [7, 11) is 0. The van der Waals surface area contributed by atoms with Crippen LogP contribution in [0.3, 0.4) is 0 Å². The summed E-state index contributed by atoms with van der Waals surface area (Å²) in [4.78, 5) is 11.0. The second-order valence-corrected chi connectivity index (χ2v) is 4.86. The molecule has 0 aliphatic carbocycles. The molecule has 0 fully saturated rings. The topological polar surface area (TPSA) is 84.6 Å². The van der Waals surface area contributed by atoms with E-state index in [1.54, 1.807) is 12.1 Å². The zero-order valence-electron chi connectivity index (χ0n) is 11.5. The van der Waals surface area contributed by atoms with E-state index in [1.807, 2.05) is 0 Å². The van der Waals surface area contributed by atoms with Gasteiger partial charge in [-0.2, -0.15) is 0 Å². The lowest BCUT2D eigenvalue weighted by Crippen LogP contribution is -2.11. The molecule has 0 heterocycles. The number of ether oxygens (including phenoxy) is 1. The summed E-state index contributed by atoms with van der Waals surface area (Å²) < 4.78 is 5.45. The maximum Gasteiger partial charge on any atom is 0.337 e. The lowest BCUT2D eigenvalue weighted by Gasteiger charge is -2.11. The maximum atomic E-state index is 11.0. The third-order valence-electron chi connectivity index (χ3n) is 2.51. The molecule has 0 spiro atoms. The SMILES string of the molecule is CC(C)COCCCNc1cc(N)ccc1C(=O)O. The first-order chi connectivity index (χ1) is 9.00. The van der Waals surface area contributed by atoms with Gasteiger partial charge in [0.25, 0.3) is 0 Å². The van der Waals surface area contributed by atoms with Gasteiger partial charge in [-0.3, -0.25) is 0 Å². The minimum atomic E-state index is -0.960. The standard InChI is InChI=1S/C14H22N2O3/c1-10(2)9-19-7-3-6-16-13-8-11(15)4-5-12(13)14(17)18/h4-5,8,10,16H,3,6-7,9,15H2,1-2H3,(H,17,18). The smallest absolute Gasteiger partial charge is 0.337 e. The van der Waals surface area contributed by atoms with Crippen LogP contribution in [0.15, 0.2) is 18.2 Å². The zero-order chi connectivity index (χ0) is 14.3. The van der Waals surface area contributed by atoms with E-state index in [1.165, 1.54) is 6.07 Å². The van der Waals surface area contributed by atoms with Gasteiger partial charge in [0.05, 0.1) is 11.3 Å². The number of anilines is 2. The molecule has 0 aliphatic rings. The van der Waals surface area contributed by atoms with E-state index in [0.29, 0.717) is 30.4 Å². The normalized spacial score (nSPS) is 10.7. The number of carboxylic acids is 1. The van der Waals surface area contributed by atoms with E-state index >= 15 is 0 Å².